The zero-order chi connectivity index (χ0) is 13.7. The van der Waals surface area contributed by atoms with E-state index >= 15 is 0 Å². The molecule has 2 aromatic heterocycles. The lowest BCUT2D eigenvalue weighted by Gasteiger charge is -2.08. The van der Waals surface area contributed by atoms with Crippen LogP contribution in [0.15, 0.2) is 6.33 Å². The van der Waals surface area contributed by atoms with E-state index in [2.05, 4.69) is 35.8 Å². The summed E-state index contributed by atoms with van der Waals surface area (Å²) >= 11 is 0. The summed E-state index contributed by atoms with van der Waals surface area (Å²) < 4.78 is 6.84. The Labute approximate surface area is 110 Å². The number of hydrogen-bond donors (Lipinski definition) is 2. The van der Waals surface area contributed by atoms with Crippen molar-refractivity contribution < 1.29 is 4.74 Å². The van der Waals surface area contributed by atoms with Crippen molar-refractivity contribution in [1.29, 1.82) is 0 Å². The third-order valence-corrected chi connectivity index (χ3v) is 2.34. The monoisotopic (exact) mass is 264 g/mol. The molecule has 0 amide bonds. The molecule has 0 aromatic carbocycles. The van der Waals surface area contributed by atoms with Crippen LogP contribution in [0.5, 0.6) is 6.01 Å². The summed E-state index contributed by atoms with van der Waals surface area (Å²) in [7, 11) is 3.38. The number of aryl methyl sites for hydroxylation is 1. The molecule has 9 nitrogen and oxygen atoms in total. The van der Waals surface area contributed by atoms with Crippen LogP contribution in [0.3, 0.4) is 0 Å². The molecule has 0 aliphatic carbocycles. The maximum absolute atomic E-state index is 5.03. The largest absolute Gasteiger partial charge is 0.467 e. The lowest BCUT2D eigenvalue weighted by atomic mass is 10.6. The van der Waals surface area contributed by atoms with E-state index in [0.717, 1.165) is 12.4 Å². The van der Waals surface area contributed by atoms with Gasteiger partial charge in [-0.1, -0.05) is 0 Å². The number of hydrogen-bond acceptors (Lipinski definition) is 8. The number of nitrogens with zero attached hydrogens (tertiary/aromatic N) is 6. The van der Waals surface area contributed by atoms with Gasteiger partial charge in [0.05, 0.1) is 13.7 Å². The molecule has 0 fully saturated rings. The highest BCUT2D eigenvalue weighted by molar-refractivity contribution is 5.35. The first kappa shape index (κ1) is 13.0. The third-order valence-electron chi connectivity index (χ3n) is 2.34. The SMILES string of the molecule is CCNc1nc(NCc2nncn2C)nc(OC)n1. The minimum Gasteiger partial charge on any atom is -0.467 e. The fraction of sp³-hybridized carbons (Fsp3) is 0.500. The van der Waals surface area contributed by atoms with Gasteiger partial charge in [-0.25, -0.2) is 0 Å². The molecule has 0 unspecified atom stereocenters. The van der Waals surface area contributed by atoms with Gasteiger partial charge in [-0.2, -0.15) is 15.0 Å². The Bertz CT molecular complexity index is 540. The summed E-state index contributed by atoms with van der Waals surface area (Å²) in [6.07, 6.45) is 1.63. The molecule has 0 saturated heterocycles. The third kappa shape index (κ3) is 3.27. The molecule has 0 atom stereocenters. The van der Waals surface area contributed by atoms with Crippen LogP contribution in [0.1, 0.15) is 12.7 Å². The van der Waals surface area contributed by atoms with Gasteiger partial charge in [-0.3, -0.25) is 0 Å². The topological polar surface area (TPSA) is 103 Å². The van der Waals surface area contributed by atoms with Crippen LogP contribution in [0.2, 0.25) is 0 Å². The van der Waals surface area contributed by atoms with E-state index in [4.69, 9.17) is 4.74 Å². The van der Waals surface area contributed by atoms with E-state index < -0.39 is 0 Å². The first-order valence-electron chi connectivity index (χ1n) is 5.83. The summed E-state index contributed by atoms with van der Waals surface area (Å²) in [4.78, 5) is 12.4. The summed E-state index contributed by atoms with van der Waals surface area (Å²) in [6.45, 7) is 3.15. The van der Waals surface area contributed by atoms with Crippen molar-refractivity contribution in [1.82, 2.24) is 29.7 Å². The molecule has 19 heavy (non-hydrogen) atoms. The number of rotatable bonds is 6. The van der Waals surface area contributed by atoms with Gasteiger partial charge in [-0.05, 0) is 6.92 Å². The smallest absolute Gasteiger partial charge is 0.322 e. The molecule has 0 spiro atoms. The molecule has 2 rings (SSSR count). The maximum Gasteiger partial charge on any atom is 0.322 e. The number of ether oxygens (including phenoxy) is 1. The van der Waals surface area contributed by atoms with Crippen LogP contribution < -0.4 is 15.4 Å². The Morgan fingerprint density at radius 2 is 1.95 bits per heavy atom. The van der Waals surface area contributed by atoms with E-state index in [1.54, 1.807) is 6.33 Å². The Morgan fingerprint density at radius 1 is 1.21 bits per heavy atom. The van der Waals surface area contributed by atoms with E-state index in [1.165, 1.54) is 7.11 Å². The van der Waals surface area contributed by atoms with Crippen molar-refractivity contribution in [2.24, 2.45) is 7.05 Å². The van der Waals surface area contributed by atoms with Crippen molar-refractivity contribution in [3.8, 4) is 6.01 Å². The zero-order valence-corrected chi connectivity index (χ0v) is 11.1. The van der Waals surface area contributed by atoms with Crippen LogP contribution >= 0.6 is 0 Å². The average Bonchev–Trinajstić information content (AvgIpc) is 2.82. The lowest BCUT2D eigenvalue weighted by molar-refractivity contribution is 0.379. The summed E-state index contributed by atoms with van der Waals surface area (Å²) in [6, 6.07) is 0.256. The Balaban J connectivity index is 2.10. The molecule has 2 heterocycles. The molecule has 9 heteroatoms. The second-order valence-electron chi connectivity index (χ2n) is 3.71. The van der Waals surface area contributed by atoms with Gasteiger partial charge in [0.15, 0.2) is 5.82 Å². The van der Waals surface area contributed by atoms with Gasteiger partial charge in [0.1, 0.15) is 6.33 Å². The molecular weight excluding hydrogens is 248 g/mol. The summed E-state index contributed by atoms with van der Waals surface area (Å²) in [5.41, 5.74) is 0. The second-order valence-corrected chi connectivity index (χ2v) is 3.71. The predicted octanol–water partition coefficient (Wildman–Crippen LogP) is 0.0526. The molecule has 0 bridgehead atoms. The molecule has 0 radical (unpaired) electrons. The van der Waals surface area contributed by atoms with E-state index in [9.17, 15) is 0 Å². The molecule has 102 valence electrons. The summed E-state index contributed by atoms with van der Waals surface area (Å²) in [5, 5.41) is 13.8. The minimum atomic E-state index is 0.256. The van der Waals surface area contributed by atoms with Crippen LogP contribution in [0, 0.1) is 0 Å². The highest BCUT2D eigenvalue weighted by Gasteiger charge is 2.07. The van der Waals surface area contributed by atoms with Gasteiger partial charge in [0.25, 0.3) is 0 Å². The van der Waals surface area contributed by atoms with Crippen LogP contribution in [0.4, 0.5) is 11.9 Å². The van der Waals surface area contributed by atoms with Gasteiger partial charge in [0, 0.05) is 13.6 Å². The van der Waals surface area contributed by atoms with Crippen molar-refractivity contribution >= 4 is 11.9 Å². The highest BCUT2D eigenvalue weighted by Crippen LogP contribution is 2.11. The van der Waals surface area contributed by atoms with Crippen molar-refractivity contribution in [2.45, 2.75) is 13.5 Å². The standard InChI is InChI=1S/C10H16N8O/c1-4-11-8-14-9(16-10(15-8)19-3)12-5-7-17-13-6-18(7)2/h6H,4-5H2,1-3H3,(H2,11,12,14,15,16). The number of aromatic nitrogens is 6. The van der Waals surface area contributed by atoms with Gasteiger partial charge < -0.3 is 19.9 Å². The van der Waals surface area contributed by atoms with Crippen molar-refractivity contribution in [2.75, 3.05) is 24.3 Å². The van der Waals surface area contributed by atoms with Crippen molar-refractivity contribution in [3.63, 3.8) is 0 Å². The highest BCUT2D eigenvalue weighted by atomic mass is 16.5. The maximum atomic E-state index is 5.03. The van der Waals surface area contributed by atoms with Gasteiger partial charge in [-0.15, -0.1) is 10.2 Å². The number of anilines is 2. The fourth-order valence-electron chi connectivity index (χ4n) is 1.39. The molecule has 0 saturated carbocycles. The van der Waals surface area contributed by atoms with Crippen LogP contribution in [0.25, 0.3) is 0 Å². The zero-order valence-electron chi connectivity index (χ0n) is 11.1. The predicted molar refractivity (Wildman–Crippen MR) is 68.9 cm³/mol. The van der Waals surface area contributed by atoms with E-state index in [-0.39, 0.29) is 6.01 Å². The van der Waals surface area contributed by atoms with E-state index in [0.29, 0.717) is 18.4 Å². The Kier molecular flexibility index (Phi) is 4.06. The molecule has 2 N–H and O–H groups in total. The lowest BCUT2D eigenvalue weighted by Crippen LogP contribution is -2.11. The quantitative estimate of drug-likeness (QED) is 0.754. The number of methoxy groups -OCH3 is 1. The van der Waals surface area contributed by atoms with Gasteiger partial charge in [0.2, 0.25) is 11.9 Å². The minimum absolute atomic E-state index is 0.256. The van der Waals surface area contributed by atoms with Crippen LogP contribution in [-0.4, -0.2) is 43.4 Å². The fourth-order valence-corrected chi connectivity index (χ4v) is 1.39. The average molecular weight is 264 g/mol. The number of nitrogens with one attached hydrogen (secondary N) is 2. The first-order chi connectivity index (χ1) is 9.22. The molecule has 2 aromatic rings. The molecule has 0 aliphatic heterocycles. The van der Waals surface area contributed by atoms with Crippen molar-refractivity contribution in [3.05, 3.63) is 12.2 Å². The first-order valence-corrected chi connectivity index (χ1v) is 5.83. The second kappa shape index (κ2) is 5.94. The Hall–Kier alpha value is -2.45. The summed E-state index contributed by atoms with van der Waals surface area (Å²) in [5.74, 6) is 1.67. The normalized spacial score (nSPS) is 10.3. The van der Waals surface area contributed by atoms with Gasteiger partial charge >= 0.3 is 6.01 Å². The Morgan fingerprint density at radius 3 is 2.53 bits per heavy atom. The molecule has 0 aliphatic rings. The van der Waals surface area contributed by atoms with Crippen LogP contribution in [-0.2, 0) is 13.6 Å². The molecular formula is C10H16N8O. The van der Waals surface area contributed by atoms with E-state index in [1.807, 2.05) is 18.5 Å².